The van der Waals surface area contributed by atoms with Gasteiger partial charge >= 0.3 is 6.03 Å². The van der Waals surface area contributed by atoms with E-state index in [1.165, 1.54) is 13.2 Å². The summed E-state index contributed by atoms with van der Waals surface area (Å²) >= 11 is 0. The SMILES string of the molecule is COc1ccc(C(=O)Nc2cccc(CNC(=O)Nc3ccc(F)c(F)c3)c2)c2c(N)noc12. The Morgan fingerprint density at radius 1 is 1.03 bits per heavy atom. The van der Waals surface area contributed by atoms with Crippen molar-refractivity contribution in [3.63, 3.8) is 0 Å². The van der Waals surface area contributed by atoms with Gasteiger partial charge in [0.15, 0.2) is 23.2 Å². The number of halogens is 2. The number of nitrogens with zero attached hydrogens (tertiary/aromatic N) is 1. The first-order valence-corrected chi connectivity index (χ1v) is 9.97. The largest absolute Gasteiger partial charge is 0.493 e. The topological polar surface area (TPSA) is 132 Å². The molecule has 3 amide bonds. The van der Waals surface area contributed by atoms with Crippen LogP contribution >= 0.6 is 0 Å². The molecule has 0 aliphatic rings. The first-order chi connectivity index (χ1) is 16.4. The molecule has 1 heterocycles. The molecule has 3 aromatic carbocycles. The Morgan fingerprint density at radius 2 is 1.82 bits per heavy atom. The molecule has 11 heteroatoms. The standard InChI is InChI=1S/C23H19F2N5O4/c1-33-18-8-6-15(19-20(18)34-30-21(19)26)22(31)28-13-4-2-3-12(9-13)11-27-23(32)29-14-5-7-16(24)17(25)10-14/h2-10H,11H2,1H3,(H2,26,30)(H,28,31)(H2,27,29,32). The maximum absolute atomic E-state index is 13.3. The third-order valence-corrected chi connectivity index (χ3v) is 4.89. The van der Waals surface area contributed by atoms with Gasteiger partial charge in [0.05, 0.1) is 18.1 Å². The van der Waals surface area contributed by atoms with E-state index in [0.717, 1.165) is 12.1 Å². The van der Waals surface area contributed by atoms with Crippen molar-refractivity contribution in [2.45, 2.75) is 6.54 Å². The maximum Gasteiger partial charge on any atom is 0.319 e. The number of hydrogen-bond donors (Lipinski definition) is 4. The van der Waals surface area contributed by atoms with Gasteiger partial charge in [0.1, 0.15) is 0 Å². The number of nitrogens with two attached hydrogens (primary N) is 1. The van der Waals surface area contributed by atoms with Gasteiger partial charge < -0.3 is 30.9 Å². The molecule has 0 bridgehead atoms. The molecule has 5 N–H and O–H groups in total. The number of ether oxygens (including phenoxy) is 1. The monoisotopic (exact) mass is 467 g/mol. The number of anilines is 3. The van der Waals surface area contributed by atoms with Crippen molar-refractivity contribution in [1.29, 1.82) is 0 Å². The minimum absolute atomic E-state index is 0.0593. The van der Waals surface area contributed by atoms with Crippen LogP contribution < -0.4 is 26.4 Å². The fourth-order valence-corrected chi connectivity index (χ4v) is 3.29. The van der Waals surface area contributed by atoms with Crippen LogP contribution in [-0.4, -0.2) is 24.2 Å². The van der Waals surface area contributed by atoms with Crippen LogP contribution in [0.15, 0.2) is 59.1 Å². The summed E-state index contributed by atoms with van der Waals surface area (Å²) in [5, 5.41) is 11.8. The predicted molar refractivity (Wildman–Crippen MR) is 122 cm³/mol. The number of methoxy groups -OCH3 is 1. The quantitative estimate of drug-likeness (QED) is 0.335. The lowest BCUT2D eigenvalue weighted by molar-refractivity contribution is 0.102. The smallest absolute Gasteiger partial charge is 0.319 e. The zero-order chi connectivity index (χ0) is 24.2. The summed E-state index contributed by atoms with van der Waals surface area (Å²) in [5.74, 6) is -2.06. The Kier molecular flexibility index (Phi) is 6.26. The van der Waals surface area contributed by atoms with E-state index in [9.17, 15) is 18.4 Å². The van der Waals surface area contributed by atoms with Gasteiger partial charge in [-0.1, -0.05) is 17.3 Å². The van der Waals surface area contributed by atoms with Crippen LogP contribution in [0.3, 0.4) is 0 Å². The Balaban J connectivity index is 1.42. The van der Waals surface area contributed by atoms with E-state index in [1.54, 1.807) is 36.4 Å². The Bertz CT molecular complexity index is 1390. The maximum atomic E-state index is 13.3. The van der Waals surface area contributed by atoms with Gasteiger partial charge in [-0.3, -0.25) is 4.79 Å². The van der Waals surface area contributed by atoms with E-state index in [-0.39, 0.29) is 29.2 Å². The van der Waals surface area contributed by atoms with E-state index in [0.29, 0.717) is 22.4 Å². The second kappa shape index (κ2) is 9.45. The number of rotatable bonds is 6. The summed E-state index contributed by atoms with van der Waals surface area (Å²) in [6, 6.07) is 12.4. The number of amides is 3. The molecule has 1 aromatic heterocycles. The third-order valence-electron chi connectivity index (χ3n) is 4.89. The number of nitrogen functional groups attached to an aromatic ring is 1. The molecule has 0 aliphatic carbocycles. The molecule has 0 aliphatic heterocycles. The fraction of sp³-hybridized carbons (Fsp3) is 0.0870. The summed E-state index contributed by atoms with van der Waals surface area (Å²) < 4.78 is 36.7. The van der Waals surface area contributed by atoms with Crippen molar-refractivity contribution >= 4 is 40.1 Å². The molecule has 0 saturated heterocycles. The van der Waals surface area contributed by atoms with Crippen LogP contribution in [0.2, 0.25) is 0 Å². The molecule has 0 unspecified atom stereocenters. The van der Waals surface area contributed by atoms with Crippen molar-refractivity contribution in [3.05, 3.63) is 77.4 Å². The average molecular weight is 467 g/mol. The van der Waals surface area contributed by atoms with Crippen LogP contribution in [0, 0.1) is 11.6 Å². The summed E-state index contributed by atoms with van der Waals surface area (Å²) in [5.41, 5.74) is 7.65. The Hall–Kier alpha value is -4.67. The number of nitrogens with one attached hydrogen (secondary N) is 3. The van der Waals surface area contributed by atoms with Crippen molar-refractivity contribution < 1.29 is 27.6 Å². The van der Waals surface area contributed by atoms with Crippen LogP contribution in [0.25, 0.3) is 11.0 Å². The number of hydrogen-bond acceptors (Lipinski definition) is 6. The molecule has 0 radical (unpaired) electrons. The molecule has 0 spiro atoms. The fourth-order valence-electron chi connectivity index (χ4n) is 3.29. The van der Waals surface area contributed by atoms with Crippen LogP contribution in [0.1, 0.15) is 15.9 Å². The summed E-state index contributed by atoms with van der Waals surface area (Å²) in [4.78, 5) is 25.0. The zero-order valence-electron chi connectivity index (χ0n) is 17.8. The molecular weight excluding hydrogens is 448 g/mol. The van der Waals surface area contributed by atoms with Gasteiger partial charge in [-0.25, -0.2) is 13.6 Å². The highest BCUT2D eigenvalue weighted by Gasteiger charge is 2.20. The van der Waals surface area contributed by atoms with E-state index < -0.39 is 23.6 Å². The number of urea groups is 1. The van der Waals surface area contributed by atoms with E-state index in [2.05, 4.69) is 21.1 Å². The van der Waals surface area contributed by atoms with Crippen molar-refractivity contribution in [1.82, 2.24) is 10.5 Å². The molecule has 4 rings (SSSR count). The van der Waals surface area contributed by atoms with Gasteiger partial charge in [0, 0.05) is 24.0 Å². The van der Waals surface area contributed by atoms with Crippen molar-refractivity contribution in [2.75, 3.05) is 23.5 Å². The molecule has 9 nitrogen and oxygen atoms in total. The highest BCUT2D eigenvalue weighted by molar-refractivity contribution is 6.15. The van der Waals surface area contributed by atoms with Gasteiger partial charge in [-0.15, -0.1) is 0 Å². The van der Waals surface area contributed by atoms with Crippen molar-refractivity contribution in [2.24, 2.45) is 0 Å². The minimum atomic E-state index is -1.07. The first-order valence-electron chi connectivity index (χ1n) is 9.97. The third kappa shape index (κ3) is 4.72. The van der Waals surface area contributed by atoms with Gasteiger partial charge in [-0.05, 0) is 42.0 Å². The van der Waals surface area contributed by atoms with Gasteiger partial charge in [-0.2, -0.15) is 0 Å². The van der Waals surface area contributed by atoms with Crippen LogP contribution in [-0.2, 0) is 6.54 Å². The molecule has 34 heavy (non-hydrogen) atoms. The lowest BCUT2D eigenvalue weighted by Gasteiger charge is -2.11. The first kappa shape index (κ1) is 22.5. The highest BCUT2D eigenvalue weighted by atomic mass is 19.2. The van der Waals surface area contributed by atoms with E-state index >= 15 is 0 Å². The molecule has 4 aromatic rings. The summed E-state index contributed by atoms with van der Waals surface area (Å²) in [7, 11) is 1.46. The van der Waals surface area contributed by atoms with Gasteiger partial charge in [0.25, 0.3) is 5.91 Å². The molecule has 0 saturated carbocycles. The van der Waals surface area contributed by atoms with Crippen molar-refractivity contribution in [3.8, 4) is 5.75 Å². The highest BCUT2D eigenvalue weighted by Crippen LogP contribution is 2.32. The molecule has 0 fully saturated rings. The van der Waals surface area contributed by atoms with E-state index in [4.69, 9.17) is 15.0 Å². The lowest BCUT2D eigenvalue weighted by Crippen LogP contribution is -2.28. The average Bonchev–Trinajstić information content (AvgIpc) is 3.21. The second-order valence-electron chi connectivity index (χ2n) is 7.18. The number of carbonyl (C=O) groups excluding carboxylic acids is 2. The summed E-state index contributed by atoms with van der Waals surface area (Å²) in [6.45, 7) is 0.116. The number of benzene rings is 3. The normalized spacial score (nSPS) is 10.7. The van der Waals surface area contributed by atoms with E-state index in [1.807, 2.05) is 0 Å². The number of aromatic nitrogens is 1. The van der Waals surface area contributed by atoms with Crippen LogP contribution in [0.4, 0.5) is 30.8 Å². The second-order valence-corrected chi connectivity index (χ2v) is 7.18. The molecular formula is C23H19F2N5O4. The Morgan fingerprint density at radius 3 is 2.59 bits per heavy atom. The zero-order valence-corrected chi connectivity index (χ0v) is 17.8. The predicted octanol–water partition coefficient (Wildman–Crippen LogP) is 4.27. The lowest BCUT2D eigenvalue weighted by atomic mass is 10.1. The molecule has 174 valence electrons. The number of carbonyl (C=O) groups is 2. The Labute approximate surface area is 191 Å². The van der Waals surface area contributed by atoms with Crippen LogP contribution in [0.5, 0.6) is 5.75 Å². The summed E-state index contributed by atoms with van der Waals surface area (Å²) in [6.07, 6.45) is 0. The molecule has 0 atom stereocenters. The number of fused-ring (bicyclic) bond motifs is 1. The van der Waals surface area contributed by atoms with Gasteiger partial charge in [0.2, 0.25) is 5.58 Å². The minimum Gasteiger partial charge on any atom is -0.493 e.